The molecule has 0 radical (unpaired) electrons. The number of methoxy groups -OCH3 is 2. The molecular weight excluding hydrogens is 1420 g/mol. The molecule has 0 saturated carbocycles. The zero-order valence-corrected chi connectivity index (χ0v) is 65.2. The second-order valence-corrected chi connectivity index (χ2v) is 30.4. The third-order valence-electron chi connectivity index (χ3n) is 21.3. The zero-order valence-electron chi connectivity index (χ0n) is 65.2. The first-order valence-electron chi connectivity index (χ1n) is 37.5. The number of primary amides is 1. The molecule has 3 aromatic carbocycles. The second-order valence-electron chi connectivity index (χ2n) is 30.4. The Hall–Kier alpha value is -7.89. The number of nitrogens with one attached hydrogen (secondary N) is 4. The number of halogens is 7. The standard InChI is InChI=1S/C79H114F7N9O13/c1-16-47(8)71(93(13)76(103)56(44(2)3)41-60(98)70(46(6)7)92(11)12)61(106-14)42-64(100)95-35-21-26-57(95)72(107-15)48(9)58(96)39-54(37-50-23-18-17-19-24-50)74(101)89-43-51-28-30-55(31-29-51)90-75(102)52(25-20-33-88-78(87)105)38-59(97)69(45(4)5)91-63(99)27-22-34-94-36-32-53(40-62(94)79(84,85)86)77(104)108-73-67(82)65(80)49(10)66(81)68(73)83/h17-19,23-24,28-31,44-48,52-54,56-57,61-62,69-72H,16,20-22,25-27,32-43H2,1-15H3,(H,89,101)(H,90,102)(H,91,99)(H3,87,88,105)/t47-,48-,52+,53-,54+,56-,57-,61+,62+,69-,70-,71-,72+/m0/s1. The smallest absolute Gasteiger partial charge is 0.404 e. The molecule has 2 saturated heterocycles. The minimum absolute atomic E-state index is 0.00936. The minimum atomic E-state index is -4.93. The summed E-state index contributed by atoms with van der Waals surface area (Å²) in [5.74, 6) is -19.4. The van der Waals surface area contributed by atoms with Gasteiger partial charge in [-0.1, -0.05) is 111 Å². The molecule has 0 aliphatic carbocycles. The van der Waals surface area contributed by atoms with Crippen molar-refractivity contribution in [2.45, 2.75) is 214 Å². The number of amides is 7. The summed E-state index contributed by atoms with van der Waals surface area (Å²) < 4.78 is 118. The van der Waals surface area contributed by atoms with Crippen molar-refractivity contribution in [2.75, 3.05) is 66.9 Å². The van der Waals surface area contributed by atoms with Gasteiger partial charge in [-0.25, -0.2) is 13.6 Å². The summed E-state index contributed by atoms with van der Waals surface area (Å²) in [5.41, 5.74) is 6.00. The Morgan fingerprint density at radius 1 is 0.694 bits per heavy atom. The number of esters is 1. The van der Waals surface area contributed by atoms with Crippen molar-refractivity contribution >= 4 is 64.6 Å². The van der Waals surface area contributed by atoms with Crippen LogP contribution in [0.15, 0.2) is 54.6 Å². The van der Waals surface area contributed by atoms with Crippen LogP contribution in [0.5, 0.6) is 5.75 Å². The van der Waals surface area contributed by atoms with Gasteiger partial charge in [0.2, 0.25) is 46.9 Å². The number of nitrogens with two attached hydrogens (primary N) is 1. The molecule has 0 spiro atoms. The molecule has 2 heterocycles. The maximum absolute atomic E-state index is 14.7. The molecule has 108 heavy (non-hydrogen) atoms. The maximum Gasteiger partial charge on any atom is 0.404 e. The fourth-order valence-electron chi connectivity index (χ4n) is 15.1. The van der Waals surface area contributed by atoms with Gasteiger partial charge in [-0.05, 0) is 132 Å². The Morgan fingerprint density at radius 2 is 1.32 bits per heavy atom. The van der Waals surface area contributed by atoms with E-state index in [1.54, 1.807) is 61.9 Å². The molecule has 6 N–H and O–H groups in total. The van der Waals surface area contributed by atoms with E-state index in [4.69, 9.17) is 15.2 Å². The summed E-state index contributed by atoms with van der Waals surface area (Å²) >= 11 is 0. The average Bonchev–Trinajstić information content (AvgIpc) is 1.49. The number of alkyl halides is 3. The topological polar surface area (TPSA) is 285 Å². The average molecular weight is 1530 g/mol. The quantitative estimate of drug-likeness (QED) is 0.0116. The number of likely N-dealkylation sites (tertiary alicyclic amines) is 2. The van der Waals surface area contributed by atoms with E-state index in [1.807, 2.05) is 90.9 Å². The highest BCUT2D eigenvalue weighted by molar-refractivity contribution is 5.97. The van der Waals surface area contributed by atoms with Gasteiger partial charge in [-0.3, -0.25) is 53.0 Å². The van der Waals surface area contributed by atoms with Crippen molar-refractivity contribution in [3.05, 3.63) is 94.6 Å². The molecular formula is C79H114F7N9O13. The van der Waals surface area contributed by atoms with Crippen LogP contribution < -0.4 is 31.7 Å². The van der Waals surface area contributed by atoms with Crippen LogP contribution in [0.1, 0.15) is 162 Å². The highest BCUT2D eigenvalue weighted by Crippen LogP contribution is 2.38. The molecule has 0 unspecified atom stereocenters. The number of ketones is 3. The van der Waals surface area contributed by atoms with Gasteiger partial charge in [0.1, 0.15) is 11.8 Å². The van der Waals surface area contributed by atoms with Crippen LogP contribution in [0.4, 0.5) is 41.2 Å². The largest absolute Gasteiger partial charge is 0.420 e. The number of hydrogen-bond acceptors (Lipinski definition) is 15. The Morgan fingerprint density at radius 3 is 1.88 bits per heavy atom. The van der Waals surface area contributed by atoms with Crippen LogP contribution in [0.25, 0.3) is 0 Å². The summed E-state index contributed by atoms with van der Waals surface area (Å²) in [6, 6.07) is 10.2. The first-order valence-corrected chi connectivity index (χ1v) is 37.5. The van der Waals surface area contributed by atoms with E-state index in [1.165, 1.54) is 14.2 Å². The number of hydrogen-bond donors (Lipinski definition) is 5. The van der Waals surface area contributed by atoms with Crippen LogP contribution in [-0.4, -0.2) is 189 Å². The van der Waals surface area contributed by atoms with Gasteiger partial charge in [-0.15, -0.1) is 0 Å². The summed E-state index contributed by atoms with van der Waals surface area (Å²) in [4.78, 5) is 144. The first-order chi connectivity index (χ1) is 50.8. The summed E-state index contributed by atoms with van der Waals surface area (Å²) in [6.07, 6.45) is -6.29. The lowest BCUT2D eigenvalue weighted by atomic mass is 9.83. The summed E-state index contributed by atoms with van der Waals surface area (Å²) in [7, 11) is 8.48. The first kappa shape index (κ1) is 90.7. The van der Waals surface area contributed by atoms with Crippen LogP contribution >= 0.6 is 0 Å². The third kappa shape index (κ3) is 25.3. The fraction of sp³-hybridized carbons (Fsp3) is 0.646. The molecule has 5 rings (SSSR count). The molecule has 7 amide bonds. The van der Waals surface area contributed by atoms with E-state index >= 15 is 0 Å². The number of benzene rings is 3. The molecule has 0 bridgehead atoms. The van der Waals surface area contributed by atoms with Gasteiger partial charge in [-0.2, -0.15) is 22.0 Å². The fourth-order valence-corrected chi connectivity index (χ4v) is 15.1. The number of piperidine rings is 1. The lowest BCUT2D eigenvalue weighted by Gasteiger charge is -2.41. The summed E-state index contributed by atoms with van der Waals surface area (Å²) in [5, 5.41) is 10.9. The highest BCUT2D eigenvalue weighted by Gasteiger charge is 2.49. The van der Waals surface area contributed by atoms with E-state index in [0.29, 0.717) is 37.1 Å². The lowest BCUT2D eigenvalue weighted by Crippen LogP contribution is -2.54. The molecule has 2 aliphatic rings. The number of carbonyl (C=O) groups excluding carboxylic acids is 10. The number of rotatable bonds is 42. The van der Waals surface area contributed by atoms with Crippen molar-refractivity contribution in [1.82, 2.24) is 35.6 Å². The Balaban J connectivity index is 1.21. The Bertz CT molecular complexity index is 3490. The van der Waals surface area contributed by atoms with Gasteiger partial charge in [0.05, 0.1) is 48.7 Å². The lowest BCUT2D eigenvalue weighted by molar-refractivity contribution is -0.197. The molecule has 2 fully saturated rings. The SMILES string of the molecule is CC[C@H](C)[C@@H]([C@@H](CC(=O)N1CCC[C@H]1[C@H](OC)[C@@H](C)C(=O)C[C@@H](Cc1ccccc1)C(=O)NCc1ccc(NC(=O)[C@H](CCCNC(N)=O)CC(=O)[C@@H](NC(=O)CCCN2CC[C@H](C(=O)Oc3c(F)c(F)c(C)c(F)c3F)C[C@@H]2C(F)(F)F)C(C)C)cc1)OC)N(C)C(=O)[C@@H](CC(=O)[C@H](C(C)C)N(C)C)C(C)C. The second kappa shape index (κ2) is 42.3. The van der Waals surface area contributed by atoms with Gasteiger partial charge < -0.3 is 51.0 Å². The number of anilines is 1. The van der Waals surface area contributed by atoms with Crippen molar-refractivity contribution < 1.29 is 92.9 Å². The number of likely N-dealkylation sites (N-methyl/N-ethyl adjacent to an activating group) is 2. The molecule has 22 nitrogen and oxygen atoms in total. The Labute approximate surface area is 630 Å². The van der Waals surface area contributed by atoms with E-state index < -0.39 is 155 Å². The monoisotopic (exact) mass is 1530 g/mol. The van der Waals surface area contributed by atoms with Gasteiger partial charge >= 0.3 is 18.2 Å². The Kier molecular flexibility index (Phi) is 35.6. The van der Waals surface area contributed by atoms with E-state index in [-0.39, 0.29) is 138 Å². The van der Waals surface area contributed by atoms with E-state index in [0.717, 1.165) is 17.4 Å². The van der Waals surface area contributed by atoms with Gasteiger partial charge in [0, 0.05) is 102 Å². The predicted octanol–water partition coefficient (Wildman–Crippen LogP) is 10.9. The van der Waals surface area contributed by atoms with Crippen LogP contribution in [-0.2, 0) is 65.6 Å². The molecule has 0 aromatic heterocycles. The van der Waals surface area contributed by atoms with Crippen molar-refractivity contribution in [3.8, 4) is 5.75 Å². The number of ether oxygens (including phenoxy) is 3. The van der Waals surface area contributed by atoms with Crippen molar-refractivity contribution in [3.63, 3.8) is 0 Å². The van der Waals surface area contributed by atoms with Crippen molar-refractivity contribution in [2.24, 2.45) is 59.0 Å². The molecule has 29 heteroatoms. The number of nitrogens with zero attached hydrogens (tertiary/aromatic N) is 4. The summed E-state index contributed by atoms with van der Waals surface area (Å²) in [6.45, 7) is 17.5. The maximum atomic E-state index is 14.7. The minimum Gasteiger partial charge on any atom is -0.420 e. The van der Waals surface area contributed by atoms with E-state index in [2.05, 4.69) is 26.0 Å². The highest BCUT2D eigenvalue weighted by atomic mass is 19.4. The molecule has 2 aliphatic heterocycles. The van der Waals surface area contributed by atoms with Crippen LogP contribution in [0.2, 0.25) is 0 Å². The van der Waals surface area contributed by atoms with Crippen LogP contribution in [0.3, 0.4) is 0 Å². The van der Waals surface area contributed by atoms with Gasteiger partial charge in [0.15, 0.2) is 23.2 Å². The molecule has 3 aromatic rings. The predicted molar refractivity (Wildman–Crippen MR) is 393 cm³/mol. The number of urea groups is 1. The molecule has 602 valence electrons. The van der Waals surface area contributed by atoms with E-state index in [9.17, 15) is 78.7 Å². The number of carbonyl (C=O) groups is 10. The third-order valence-corrected chi connectivity index (χ3v) is 21.3. The normalized spacial score (nSPS) is 18.5. The molecule has 13 atom stereocenters. The van der Waals surface area contributed by atoms with Crippen molar-refractivity contribution in [1.29, 1.82) is 0 Å². The van der Waals surface area contributed by atoms with Crippen LogP contribution in [0, 0.1) is 83.5 Å². The number of Topliss-reactive ketones (excluding diaryl/α,β-unsaturated/α-hetero) is 3. The zero-order chi connectivity index (χ0) is 80.8. The van der Waals surface area contributed by atoms with Gasteiger partial charge in [0.25, 0.3) is 0 Å².